The largest absolute Gasteiger partial charge is 0.300 e. The van der Waals surface area contributed by atoms with Crippen LogP contribution in [0.15, 0.2) is 35.4 Å². The highest BCUT2D eigenvalue weighted by Crippen LogP contribution is 2.30. The molecule has 0 saturated heterocycles. The summed E-state index contributed by atoms with van der Waals surface area (Å²) in [5.41, 5.74) is 2.92. The van der Waals surface area contributed by atoms with Crippen LogP contribution in [0.2, 0.25) is 0 Å². The second-order valence-corrected chi connectivity index (χ2v) is 6.07. The standard InChI is InChI=1S/C13H10N6S2.BrH/c1-8-10(19-5-6-20-13(19)16-8)9-7-21-12(17-9)18-11-14-3-2-4-15-11;/h2-7H,1H3,(H,14,15,17,18);1H. The third kappa shape index (κ3) is 2.62. The van der Waals surface area contributed by atoms with Crippen molar-refractivity contribution in [3.05, 3.63) is 41.1 Å². The first-order valence-electron chi connectivity index (χ1n) is 6.23. The van der Waals surface area contributed by atoms with Gasteiger partial charge in [0.2, 0.25) is 5.95 Å². The second kappa shape index (κ2) is 6.11. The average Bonchev–Trinajstić information content (AvgIpc) is 3.16. The number of nitrogens with zero attached hydrogens (tertiary/aromatic N) is 5. The fraction of sp³-hybridized carbons (Fsp3) is 0.0769. The summed E-state index contributed by atoms with van der Waals surface area (Å²) < 4.78 is 2.07. The summed E-state index contributed by atoms with van der Waals surface area (Å²) in [5, 5.41) is 7.91. The number of anilines is 2. The summed E-state index contributed by atoms with van der Waals surface area (Å²) >= 11 is 3.14. The SMILES string of the molecule is Br.Cc1nc2sccn2c1-c1csc(Nc2ncccn2)n1. The summed E-state index contributed by atoms with van der Waals surface area (Å²) in [6.07, 6.45) is 5.40. The third-order valence-corrected chi connectivity index (χ3v) is 4.48. The van der Waals surface area contributed by atoms with Crippen molar-refractivity contribution < 1.29 is 0 Å². The van der Waals surface area contributed by atoms with Crippen molar-refractivity contribution in [2.75, 3.05) is 5.32 Å². The number of aromatic nitrogens is 5. The van der Waals surface area contributed by atoms with Crippen LogP contribution in [0.5, 0.6) is 0 Å². The molecular weight excluding hydrogens is 384 g/mol. The Balaban J connectivity index is 0.00000144. The number of imidazole rings is 1. The van der Waals surface area contributed by atoms with E-state index < -0.39 is 0 Å². The average molecular weight is 395 g/mol. The van der Waals surface area contributed by atoms with E-state index in [0.717, 1.165) is 27.2 Å². The fourth-order valence-electron chi connectivity index (χ4n) is 2.10. The lowest BCUT2D eigenvalue weighted by Crippen LogP contribution is -1.95. The third-order valence-electron chi connectivity index (χ3n) is 2.97. The predicted octanol–water partition coefficient (Wildman–Crippen LogP) is 3.94. The molecule has 0 spiro atoms. The monoisotopic (exact) mass is 394 g/mol. The van der Waals surface area contributed by atoms with Crippen molar-refractivity contribution in [1.29, 1.82) is 0 Å². The van der Waals surface area contributed by atoms with E-state index >= 15 is 0 Å². The van der Waals surface area contributed by atoms with Gasteiger partial charge in [0.15, 0.2) is 10.1 Å². The van der Waals surface area contributed by atoms with Crippen LogP contribution in [0.25, 0.3) is 16.3 Å². The number of rotatable bonds is 3. The van der Waals surface area contributed by atoms with Crippen LogP contribution in [-0.4, -0.2) is 24.3 Å². The molecular formula is C13H11BrN6S2. The van der Waals surface area contributed by atoms with Gasteiger partial charge in [-0.15, -0.1) is 39.7 Å². The van der Waals surface area contributed by atoms with E-state index in [2.05, 4.69) is 29.7 Å². The second-order valence-electron chi connectivity index (χ2n) is 4.34. The lowest BCUT2D eigenvalue weighted by atomic mass is 10.3. The number of nitrogens with one attached hydrogen (secondary N) is 1. The van der Waals surface area contributed by atoms with Crippen LogP contribution in [0, 0.1) is 6.92 Å². The molecule has 0 atom stereocenters. The van der Waals surface area contributed by atoms with Crippen LogP contribution < -0.4 is 5.32 Å². The summed E-state index contributed by atoms with van der Waals surface area (Å²) in [5.74, 6) is 0.545. The molecule has 1 N–H and O–H groups in total. The van der Waals surface area contributed by atoms with Crippen LogP contribution in [0.4, 0.5) is 11.1 Å². The predicted molar refractivity (Wildman–Crippen MR) is 94.6 cm³/mol. The van der Waals surface area contributed by atoms with E-state index in [1.165, 1.54) is 11.3 Å². The van der Waals surface area contributed by atoms with E-state index in [1.807, 2.05) is 23.9 Å². The highest BCUT2D eigenvalue weighted by molar-refractivity contribution is 8.93. The van der Waals surface area contributed by atoms with Gasteiger partial charge < -0.3 is 5.32 Å². The van der Waals surface area contributed by atoms with Gasteiger partial charge in [-0.05, 0) is 13.0 Å². The van der Waals surface area contributed by atoms with Gasteiger partial charge >= 0.3 is 0 Å². The van der Waals surface area contributed by atoms with Crippen molar-refractivity contribution in [3.63, 3.8) is 0 Å². The lowest BCUT2D eigenvalue weighted by Gasteiger charge is -1.99. The Morgan fingerprint density at radius 3 is 2.77 bits per heavy atom. The van der Waals surface area contributed by atoms with E-state index in [-0.39, 0.29) is 17.0 Å². The molecule has 0 saturated carbocycles. The molecule has 4 rings (SSSR count). The number of thiazole rings is 2. The van der Waals surface area contributed by atoms with Gasteiger partial charge in [0.05, 0.1) is 11.4 Å². The van der Waals surface area contributed by atoms with Crippen molar-refractivity contribution in [2.24, 2.45) is 0 Å². The smallest absolute Gasteiger partial charge is 0.228 e. The maximum atomic E-state index is 4.61. The molecule has 112 valence electrons. The lowest BCUT2D eigenvalue weighted by molar-refractivity contribution is 1.15. The molecule has 6 nitrogen and oxygen atoms in total. The van der Waals surface area contributed by atoms with Gasteiger partial charge in [-0.25, -0.2) is 19.9 Å². The normalized spacial score (nSPS) is 10.6. The topological polar surface area (TPSA) is 68.0 Å². The van der Waals surface area contributed by atoms with E-state index in [4.69, 9.17) is 0 Å². The van der Waals surface area contributed by atoms with Crippen molar-refractivity contribution in [2.45, 2.75) is 6.92 Å². The Hall–Kier alpha value is -1.84. The zero-order valence-electron chi connectivity index (χ0n) is 11.4. The molecule has 4 heterocycles. The summed E-state index contributed by atoms with van der Waals surface area (Å²) in [4.78, 5) is 18.4. The molecule has 9 heteroatoms. The molecule has 0 aliphatic rings. The molecule has 0 aromatic carbocycles. The highest BCUT2D eigenvalue weighted by atomic mass is 79.9. The summed E-state index contributed by atoms with van der Waals surface area (Å²) in [6, 6.07) is 1.78. The van der Waals surface area contributed by atoms with Crippen molar-refractivity contribution >= 4 is 55.7 Å². The molecule has 0 aliphatic heterocycles. The quantitative estimate of drug-likeness (QED) is 0.569. The van der Waals surface area contributed by atoms with E-state index in [0.29, 0.717) is 5.95 Å². The zero-order valence-corrected chi connectivity index (χ0v) is 14.8. The van der Waals surface area contributed by atoms with Gasteiger partial charge in [-0.3, -0.25) is 4.40 Å². The Morgan fingerprint density at radius 1 is 1.14 bits per heavy atom. The molecule has 4 aromatic rings. The zero-order chi connectivity index (χ0) is 14.2. The minimum Gasteiger partial charge on any atom is -0.300 e. The molecule has 0 unspecified atom stereocenters. The first kappa shape index (κ1) is 15.1. The molecule has 0 radical (unpaired) electrons. The summed E-state index contributed by atoms with van der Waals surface area (Å²) in [6.45, 7) is 2.00. The number of aryl methyl sites for hydroxylation is 1. The Labute approximate surface area is 144 Å². The first-order chi connectivity index (χ1) is 10.3. The number of halogens is 1. The van der Waals surface area contributed by atoms with Crippen molar-refractivity contribution in [1.82, 2.24) is 24.3 Å². The first-order valence-corrected chi connectivity index (χ1v) is 7.99. The van der Waals surface area contributed by atoms with E-state index in [1.54, 1.807) is 29.8 Å². The molecule has 4 aromatic heterocycles. The molecule has 0 aliphatic carbocycles. The van der Waals surface area contributed by atoms with Gasteiger partial charge in [-0.2, -0.15) is 0 Å². The van der Waals surface area contributed by atoms with Crippen LogP contribution in [0.1, 0.15) is 5.69 Å². The fourth-order valence-corrected chi connectivity index (χ4v) is 3.55. The summed E-state index contributed by atoms with van der Waals surface area (Å²) in [7, 11) is 0. The minimum atomic E-state index is 0. The van der Waals surface area contributed by atoms with Gasteiger partial charge in [0, 0.05) is 29.4 Å². The maximum Gasteiger partial charge on any atom is 0.228 e. The number of hydrogen-bond acceptors (Lipinski definition) is 7. The van der Waals surface area contributed by atoms with Crippen molar-refractivity contribution in [3.8, 4) is 11.4 Å². The Bertz CT molecular complexity index is 898. The van der Waals surface area contributed by atoms with Gasteiger partial charge in [0.1, 0.15) is 5.69 Å². The van der Waals surface area contributed by atoms with E-state index in [9.17, 15) is 0 Å². The molecule has 22 heavy (non-hydrogen) atoms. The van der Waals surface area contributed by atoms with Gasteiger partial charge in [-0.1, -0.05) is 0 Å². The van der Waals surface area contributed by atoms with Crippen LogP contribution in [0.3, 0.4) is 0 Å². The van der Waals surface area contributed by atoms with Gasteiger partial charge in [0.25, 0.3) is 0 Å². The maximum absolute atomic E-state index is 4.61. The number of hydrogen-bond donors (Lipinski definition) is 1. The molecule has 0 fully saturated rings. The van der Waals surface area contributed by atoms with Crippen LogP contribution in [-0.2, 0) is 0 Å². The minimum absolute atomic E-state index is 0. The highest BCUT2D eigenvalue weighted by Gasteiger charge is 2.15. The Morgan fingerprint density at radius 2 is 1.95 bits per heavy atom. The Kier molecular flexibility index (Phi) is 4.19. The van der Waals surface area contributed by atoms with Crippen LogP contribution >= 0.6 is 39.7 Å². The molecule has 0 amide bonds. The number of fused-ring (bicyclic) bond motifs is 1. The molecule has 0 bridgehead atoms.